The molecule has 0 fully saturated rings. The number of hydrogen-bond acceptors (Lipinski definition) is 5. The van der Waals surface area contributed by atoms with Crippen LogP contribution in [0.1, 0.15) is 46.1 Å². The molecule has 2 aromatic rings. The number of anilines is 1. The van der Waals surface area contributed by atoms with E-state index in [-0.39, 0.29) is 43.7 Å². The maximum absolute atomic E-state index is 13.4. The third-order valence-corrected chi connectivity index (χ3v) is 7.41. The van der Waals surface area contributed by atoms with Crippen molar-refractivity contribution in [3.8, 4) is 5.75 Å². The van der Waals surface area contributed by atoms with Crippen molar-refractivity contribution < 1.29 is 22.7 Å². The van der Waals surface area contributed by atoms with Crippen LogP contribution >= 0.6 is 15.9 Å². The van der Waals surface area contributed by atoms with E-state index < -0.39 is 16.1 Å². The fourth-order valence-corrected chi connectivity index (χ4v) is 4.98. The van der Waals surface area contributed by atoms with Gasteiger partial charge in [0.1, 0.15) is 11.8 Å². The molecular formula is C27H38BrN3O5S. The van der Waals surface area contributed by atoms with Crippen molar-refractivity contribution in [1.29, 1.82) is 0 Å². The van der Waals surface area contributed by atoms with Crippen LogP contribution in [0, 0.1) is 5.92 Å². The molecule has 37 heavy (non-hydrogen) atoms. The van der Waals surface area contributed by atoms with Gasteiger partial charge in [-0.3, -0.25) is 13.9 Å². The second-order valence-corrected chi connectivity index (χ2v) is 12.1. The normalized spacial score (nSPS) is 12.2. The number of rotatable bonds is 14. The topological polar surface area (TPSA) is 96.0 Å². The van der Waals surface area contributed by atoms with E-state index in [0.717, 1.165) is 16.3 Å². The fraction of sp³-hybridized carbons (Fsp3) is 0.481. The summed E-state index contributed by atoms with van der Waals surface area (Å²) in [5.74, 6) is 0.312. The van der Waals surface area contributed by atoms with Gasteiger partial charge in [0, 0.05) is 30.5 Å². The first-order valence-corrected chi connectivity index (χ1v) is 15.1. The van der Waals surface area contributed by atoms with Crippen LogP contribution in [0.4, 0.5) is 5.69 Å². The zero-order valence-electron chi connectivity index (χ0n) is 22.2. The monoisotopic (exact) mass is 595 g/mol. The second-order valence-electron chi connectivity index (χ2n) is 9.30. The summed E-state index contributed by atoms with van der Waals surface area (Å²) in [4.78, 5) is 27.8. The van der Waals surface area contributed by atoms with Crippen LogP contribution in [0.5, 0.6) is 5.75 Å². The van der Waals surface area contributed by atoms with Crippen molar-refractivity contribution in [2.75, 3.05) is 30.3 Å². The van der Waals surface area contributed by atoms with Crippen LogP contribution in [0.2, 0.25) is 0 Å². The highest BCUT2D eigenvalue weighted by molar-refractivity contribution is 9.10. The zero-order chi connectivity index (χ0) is 27.6. The van der Waals surface area contributed by atoms with Gasteiger partial charge >= 0.3 is 0 Å². The predicted octanol–water partition coefficient (Wildman–Crippen LogP) is 4.58. The molecule has 0 radical (unpaired) electrons. The minimum Gasteiger partial charge on any atom is -0.492 e. The molecule has 8 nitrogen and oxygen atoms in total. The lowest BCUT2D eigenvalue weighted by atomic mass is 10.1. The largest absolute Gasteiger partial charge is 0.492 e. The quantitative estimate of drug-likeness (QED) is 0.345. The minimum atomic E-state index is -3.62. The molecule has 0 spiro atoms. The third-order valence-electron chi connectivity index (χ3n) is 5.70. The summed E-state index contributed by atoms with van der Waals surface area (Å²) in [5.41, 5.74) is 1.33. The summed E-state index contributed by atoms with van der Waals surface area (Å²) in [7, 11) is -3.62. The van der Waals surface area contributed by atoms with E-state index in [0.29, 0.717) is 24.6 Å². The molecule has 0 heterocycles. The molecule has 0 aromatic heterocycles. The lowest BCUT2D eigenvalue weighted by Crippen LogP contribution is -2.48. The van der Waals surface area contributed by atoms with Gasteiger partial charge in [-0.1, -0.05) is 54.0 Å². The van der Waals surface area contributed by atoms with Gasteiger partial charge in [0.25, 0.3) is 0 Å². The Balaban J connectivity index is 2.19. The summed E-state index contributed by atoms with van der Waals surface area (Å²) in [6.07, 6.45) is 1.50. The molecule has 0 aliphatic carbocycles. The Labute approximate surface area is 229 Å². The summed E-state index contributed by atoms with van der Waals surface area (Å²) in [5, 5.41) is 2.90. The average molecular weight is 597 g/mol. The Morgan fingerprint density at radius 1 is 1.05 bits per heavy atom. The SMILES string of the molecule is CCOc1ccccc1N(CCCC(=O)N(Cc1ccc(Br)cc1)C(C)C(=O)NCC(C)C)S(C)(=O)=O. The maximum Gasteiger partial charge on any atom is 0.242 e. The van der Waals surface area contributed by atoms with Gasteiger partial charge in [-0.05, 0) is 56.0 Å². The van der Waals surface area contributed by atoms with E-state index in [1.807, 2.05) is 45.0 Å². The number of amides is 2. The molecule has 0 saturated carbocycles. The third kappa shape index (κ3) is 9.66. The Hall–Kier alpha value is -2.59. The molecule has 0 aliphatic heterocycles. The molecule has 204 valence electrons. The van der Waals surface area contributed by atoms with Gasteiger partial charge in [-0.25, -0.2) is 8.42 Å². The Morgan fingerprint density at radius 2 is 1.70 bits per heavy atom. The highest BCUT2D eigenvalue weighted by Gasteiger charge is 2.27. The van der Waals surface area contributed by atoms with Crippen LogP contribution in [0.3, 0.4) is 0 Å². The van der Waals surface area contributed by atoms with Crippen LogP contribution in [0.15, 0.2) is 53.0 Å². The first kappa shape index (κ1) is 30.6. The van der Waals surface area contributed by atoms with Gasteiger partial charge in [-0.2, -0.15) is 0 Å². The zero-order valence-corrected chi connectivity index (χ0v) is 24.6. The molecule has 1 unspecified atom stereocenters. The van der Waals surface area contributed by atoms with Gasteiger partial charge < -0.3 is 15.0 Å². The van der Waals surface area contributed by atoms with Crippen molar-refractivity contribution >= 4 is 43.5 Å². The fourth-order valence-electron chi connectivity index (χ4n) is 3.74. The van der Waals surface area contributed by atoms with Crippen molar-refractivity contribution in [2.45, 2.75) is 53.1 Å². The molecule has 2 aromatic carbocycles. The standard InChI is InChI=1S/C27H38BrN3O5S/c1-6-36-25-11-8-7-10-24(25)31(37(5,34)35)17-9-12-26(32)30(19-22-13-15-23(28)16-14-22)21(4)27(33)29-18-20(2)3/h7-8,10-11,13-16,20-21H,6,9,12,17-19H2,1-5H3,(H,29,33). The van der Waals surface area contributed by atoms with Crippen LogP contribution in [-0.4, -0.2) is 57.1 Å². The Kier molecular flexibility index (Phi) is 11.9. The average Bonchev–Trinajstić information content (AvgIpc) is 2.84. The van der Waals surface area contributed by atoms with Gasteiger partial charge in [0.05, 0.1) is 18.6 Å². The van der Waals surface area contributed by atoms with E-state index in [1.165, 1.54) is 4.31 Å². The number of para-hydroxylation sites is 2. The van der Waals surface area contributed by atoms with Gasteiger partial charge in [0.2, 0.25) is 21.8 Å². The molecule has 1 N–H and O–H groups in total. The van der Waals surface area contributed by atoms with Gasteiger partial charge in [-0.15, -0.1) is 0 Å². The van der Waals surface area contributed by atoms with E-state index in [2.05, 4.69) is 21.2 Å². The highest BCUT2D eigenvalue weighted by Crippen LogP contribution is 2.30. The lowest BCUT2D eigenvalue weighted by molar-refractivity contribution is -0.140. The lowest BCUT2D eigenvalue weighted by Gasteiger charge is -2.30. The highest BCUT2D eigenvalue weighted by atomic mass is 79.9. The molecule has 1 atom stereocenters. The maximum atomic E-state index is 13.4. The molecule has 10 heteroatoms. The summed E-state index contributed by atoms with van der Waals surface area (Å²) in [6, 6.07) is 13.8. The van der Waals surface area contributed by atoms with Gasteiger partial charge in [0.15, 0.2) is 0 Å². The summed E-state index contributed by atoms with van der Waals surface area (Å²) in [6.45, 7) is 8.85. The molecule has 2 amide bonds. The second kappa shape index (κ2) is 14.4. The smallest absolute Gasteiger partial charge is 0.242 e. The summed E-state index contributed by atoms with van der Waals surface area (Å²) >= 11 is 3.42. The van der Waals surface area contributed by atoms with Crippen molar-refractivity contribution in [1.82, 2.24) is 10.2 Å². The minimum absolute atomic E-state index is 0.0845. The molecular weight excluding hydrogens is 558 g/mol. The summed E-state index contributed by atoms with van der Waals surface area (Å²) < 4.78 is 33.0. The molecule has 0 aliphatic rings. The first-order valence-electron chi connectivity index (χ1n) is 12.4. The van der Waals surface area contributed by atoms with Crippen LogP contribution in [-0.2, 0) is 26.2 Å². The van der Waals surface area contributed by atoms with Crippen molar-refractivity contribution in [2.24, 2.45) is 5.92 Å². The number of nitrogens with one attached hydrogen (secondary N) is 1. The first-order chi connectivity index (χ1) is 17.4. The van der Waals surface area contributed by atoms with Crippen molar-refractivity contribution in [3.05, 3.63) is 58.6 Å². The number of halogens is 1. The Bertz CT molecular complexity index is 1140. The van der Waals surface area contributed by atoms with E-state index in [1.54, 1.807) is 36.1 Å². The molecule has 0 saturated heterocycles. The number of nitrogens with zero attached hydrogens (tertiary/aromatic N) is 2. The van der Waals surface area contributed by atoms with Crippen LogP contribution < -0.4 is 14.4 Å². The Morgan fingerprint density at radius 3 is 2.30 bits per heavy atom. The number of ether oxygens (including phenoxy) is 1. The number of hydrogen-bond donors (Lipinski definition) is 1. The molecule has 0 bridgehead atoms. The number of carbonyl (C=O) groups excluding carboxylic acids is 2. The predicted molar refractivity (Wildman–Crippen MR) is 151 cm³/mol. The number of sulfonamides is 1. The molecule has 2 rings (SSSR count). The number of carbonyl (C=O) groups is 2. The van der Waals surface area contributed by atoms with E-state index in [9.17, 15) is 18.0 Å². The van der Waals surface area contributed by atoms with Crippen molar-refractivity contribution in [3.63, 3.8) is 0 Å². The van der Waals surface area contributed by atoms with E-state index in [4.69, 9.17) is 4.74 Å². The number of benzene rings is 2. The van der Waals surface area contributed by atoms with E-state index >= 15 is 0 Å². The van der Waals surface area contributed by atoms with Crippen LogP contribution in [0.25, 0.3) is 0 Å².